The molecule has 0 radical (unpaired) electrons. The van der Waals surface area contributed by atoms with Crippen molar-refractivity contribution in [2.45, 2.75) is 37.6 Å². The summed E-state index contributed by atoms with van der Waals surface area (Å²) >= 11 is 0. The second kappa shape index (κ2) is 9.70. The molecule has 1 aliphatic heterocycles. The van der Waals surface area contributed by atoms with E-state index >= 15 is 0 Å². The highest BCUT2D eigenvalue weighted by Gasteiger charge is 2.32. The number of methoxy groups -OCH3 is 1. The van der Waals surface area contributed by atoms with Gasteiger partial charge in [0.2, 0.25) is 5.91 Å². The largest absolute Gasteiger partial charge is 0.504 e. The number of nitrogens with one attached hydrogen (secondary N) is 1. The minimum Gasteiger partial charge on any atom is -0.504 e. The van der Waals surface area contributed by atoms with Gasteiger partial charge in [-0.1, -0.05) is 12.1 Å². The highest BCUT2D eigenvalue weighted by molar-refractivity contribution is 7.90. The molecule has 0 spiro atoms. The third kappa shape index (κ3) is 5.93. The Morgan fingerprint density at radius 1 is 1.31 bits per heavy atom. The van der Waals surface area contributed by atoms with Crippen molar-refractivity contribution in [1.82, 2.24) is 10.3 Å². The van der Waals surface area contributed by atoms with E-state index in [-0.39, 0.29) is 46.6 Å². The predicted molar refractivity (Wildman–Crippen MR) is 128 cm³/mol. The van der Waals surface area contributed by atoms with Crippen molar-refractivity contribution in [3.05, 3.63) is 57.6 Å². The molecule has 1 heterocycles. The first-order valence-corrected chi connectivity index (χ1v) is 11.9. The number of phenols is 1. The maximum Gasteiger partial charge on any atom is 0.285 e. The maximum atomic E-state index is 12.5. The van der Waals surface area contributed by atoms with Crippen LogP contribution in [0.15, 0.2) is 50.8 Å². The summed E-state index contributed by atoms with van der Waals surface area (Å²) < 4.78 is 33.9. The Morgan fingerprint density at radius 3 is 2.63 bits per heavy atom. The number of phenolic OH excluding ortho intramolecular Hbond substituents is 1. The van der Waals surface area contributed by atoms with E-state index in [4.69, 9.17) is 4.74 Å². The van der Waals surface area contributed by atoms with E-state index in [1.165, 1.54) is 18.2 Å². The SMILES string of the molecule is COc1cc([N+](=O)[O-])cc(/C=N\N(CCC(=O)NC(C)(C)C)C2=NS(=O)(=O)c3ccccc32)c1O. The number of benzene rings is 2. The van der Waals surface area contributed by atoms with Crippen LogP contribution in [0.3, 0.4) is 0 Å². The summed E-state index contributed by atoms with van der Waals surface area (Å²) in [6.07, 6.45) is 1.06. The number of aromatic hydroxyl groups is 1. The van der Waals surface area contributed by atoms with Crippen LogP contribution in [0.1, 0.15) is 38.3 Å². The van der Waals surface area contributed by atoms with Crippen LogP contribution in [-0.4, -0.2) is 60.6 Å². The van der Waals surface area contributed by atoms with Crippen LogP contribution in [-0.2, 0) is 14.8 Å². The van der Waals surface area contributed by atoms with E-state index in [1.54, 1.807) is 18.2 Å². The summed E-state index contributed by atoms with van der Waals surface area (Å²) in [6.45, 7) is 5.41. The third-order valence-electron chi connectivity index (χ3n) is 4.78. The zero-order valence-electron chi connectivity index (χ0n) is 19.5. The molecule has 0 aliphatic carbocycles. The van der Waals surface area contributed by atoms with Gasteiger partial charge in [0.05, 0.1) is 30.9 Å². The number of amidine groups is 1. The van der Waals surface area contributed by atoms with E-state index in [1.807, 2.05) is 20.8 Å². The third-order valence-corrected chi connectivity index (χ3v) is 6.10. The molecule has 1 amide bonds. The number of carbonyl (C=O) groups excluding carboxylic acids is 1. The number of sulfonamides is 1. The number of amides is 1. The molecule has 2 N–H and O–H groups in total. The molecule has 186 valence electrons. The molecule has 0 saturated carbocycles. The molecule has 0 fully saturated rings. The van der Waals surface area contributed by atoms with Gasteiger partial charge in [0, 0.05) is 29.2 Å². The van der Waals surface area contributed by atoms with Crippen LogP contribution >= 0.6 is 0 Å². The second-order valence-electron chi connectivity index (χ2n) is 8.64. The first kappa shape index (κ1) is 25.6. The highest BCUT2D eigenvalue weighted by Crippen LogP contribution is 2.34. The van der Waals surface area contributed by atoms with E-state index in [9.17, 15) is 28.4 Å². The molecule has 0 atom stereocenters. The van der Waals surface area contributed by atoms with E-state index in [0.717, 1.165) is 18.3 Å². The topological polar surface area (TPSA) is 164 Å². The van der Waals surface area contributed by atoms with Crippen molar-refractivity contribution in [2.75, 3.05) is 13.7 Å². The smallest absolute Gasteiger partial charge is 0.285 e. The Kier molecular flexibility index (Phi) is 7.10. The van der Waals surface area contributed by atoms with E-state index in [2.05, 4.69) is 14.8 Å². The van der Waals surface area contributed by atoms with Crippen LogP contribution in [0.4, 0.5) is 5.69 Å². The van der Waals surface area contributed by atoms with Gasteiger partial charge in [-0.15, -0.1) is 4.40 Å². The van der Waals surface area contributed by atoms with Crippen LogP contribution in [0, 0.1) is 10.1 Å². The van der Waals surface area contributed by atoms with Gasteiger partial charge in [-0.25, -0.2) is 5.01 Å². The summed E-state index contributed by atoms with van der Waals surface area (Å²) in [7, 11) is -2.73. The number of fused-ring (bicyclic) bond motifs is 1. The van der Waals surface area contributed by atoms with Crippen molar-refractivity contribution < 1.29 is 28.0 Å². The first-order valence-electron chi connectivity index (χ1n) is 10.4. The van der Waals surface area contributed by atoms with Gasteiger partial charge in [0.25, 0.3) is 15.7 Å². The molecule has 0 bridgehead atoms. The molecule has 0 aromatic heterocycles. The Bertz CT molecular complexity index is 1330. The summed E-state index contributed by atoms with van der Waals surface area (Å²) in [4.78, 5) is 23.0. The number of nitro groups is 1. The molecular weight excluding hydrogens is 478 g/mol. The molecule has 2 aromatic carbocycles. The predicted octanol–water partition coefficient (Wildman–Crippen LogP) is 2.40. The molecule has 2 aromatic rings. The number of nitro benzene ring substituents is 1. The maximum absolute atomic E-state index is 12.5. The summed E-state index contributed by atoms with van der Waals surface area (Å²) in [5, 5.41) is 29.9. The van der Waals surface area contributed by atoms with Gasteiger partial charge in [-0.05, 0) is 32.9 Å². The molecule has 35 heavy (non-hydrogen) atoms. The zero-order chi connectivity index (χ0) is 26.0. The van der Waals surface area contributed by atoms with Crippen molar-refractivity contribution in [3.63, 3.8) is 0 Å². The number of non-ortho nitro benzene ring substituents is 1. The van der Waals surface area contributed by atoms with Crippen LogP contribution in [0.25, 0.3) is 0 Å². The molecule has 1 aliphatic rings. The van der Waals surface area contributed by atoms with Crippen LogP contribution in [0.2, 0.25) is 0 Å². The van der Waals surface area contributed by atoms with Crippen molar-refractivity contribution in [2.24, 2.45) is 9.50 Å². The standard InChI is InChI=1S/C22H25N5O7S/c1-22(2,3)24-19(28)9-10-26(21-16-7-5-6-8-18(16)35(32,33)25-21)23-13-14-11-15(27(30)31)12-17(34-4)20(14)29/h5-8,11-13,29H,9-10H2,1-4H3,(H,24,28)/b23-13-. The van der Waals surface area contributed by atoms with Crippen LogP contribution < -0.4 is 10.1 Å². The molecule has 0 saturated heterocycles. The minimum absolute atomic E-state index is 0.00536. The lowest BCUT2D eigenvalue weighted by atomic mass is 10.1. The molecule has 13 heteroatoms. The van der Waals surface area contributed by atoms with Crippen molar-refractivity contribution >= 4 is 33.7 Å². The number of carbonyl (C=O) groups is 1. The number of nitrogens with zero attached hydrogens (tertiary/aromatic N) is 4. The van der Waals surface area contributed by atoms with Crippen LogP contribution in [0.5, 0.6) is 11.5 Å². The Labute approximate surface area is 202 Å². The van der Waals surface area contributed by atoms with Crippen molar-refractivity contribution in [3.8, 4) is 11.5 Å². The second-order valence-corrected chi connectivity index (χ2v) is 10.2. The lowest BCUT2D eigenvalue weighted by Gasteiger charge is -2.22. The number of hydrazone groups is 1. The van der Waals surface area contributed by atoms with Gasteiger partial charge >= 0.3 is 0 Å². The van der Waals surface area contributed by atoms with Gasteiger partial charge in [-0.3, -0.25) is 14.9 Å². The van der Waals surface area contributed by atoms with Gasteiger partial charge in [0.15, 0.2) is 17.3 Å². The van der Waals surface area contributed by atoms with Crippen molar-refractivity contribution in [1.29, 1.82) is 0 Å². The minimum atomic E-state index is -3.97. The fourth-order valence-corrected chi connectivity index (χ4v) is 4.49. The van der Waals surface area contributed by atoms with Gasteiger partial charge in [0.1, 0.15) is 4.90 Å². The molecule has 12 nitrogen and oxygen atoms in total. The fourth-order valence-electron chi connectivity index (χ4n) is 3.29. The number of hydrogen-bond acceptors (Lipinski definition) is 9. The quantitative estimate of drug-likeness (QED) is 0.330. The summed E-state index contributed by atoms with van der Waals surface area (Å²) in [5.74, 6) is -0.846. The number of hydrogen-bond donors (Lipinski definition) is 2. The molecule has 0 unspecified atom stereocenters. The van der Waals surface area contributed by atoms with E-state index < -0.39 is 26.2 Å². The summed E-state index contributed by atoms with van der Waals surface area (Å²) in [6, 6.07) is 8.32. The van der Waals surface area contributed by atoms with E-state index in [0.29, 0.717) is 5.56 Å². The Hall–Kier alpha value is -4.00. The monoisotopic (exact) mass is 503 g/mol. The summed E-state index contributed by atoms with van der Waals surface area (Å²) in [5.41, 5.74) is -0.572. The Balaban J connectivity index is 2.02. The molecule has 3 rings (SSSR count). The normalized spacial score (nSPS) is 14.3. The van der Waals surface area contributed by atoms with Gasteiger partial charge < -0.3 is 15.2 Å². The zero-order valence-corrected chi connectivity index (χ0v) is 20.4. The highest BCUT2D eigenvalue weighted by atomic mass is 32.2. The first-order chi connectivity index (χ1) is 16.3. The Morgan fingerprint density at radius 2 is 2.00 bits per heavy atom. The molecular formula is C22H25N5O7S. The average Bonchev–Trinajstić information content (AvgIpc) is 3.04. The fraction of sp³-hybridized carbons (Fsp3) is 0.318. The average molecular weight is 504 g/mol. The lowest BCUT2D eigenvalue weighted by Crippen LogP contribution is -2.42. The number of rotatable bonds is 7. The van der Waals surface area contributed by atoms with Gasteiger partial charge in [-0.2, -0.15) is 13.5 Å². The lowest BCUT2D eigenvalue weighted by molar-refractivity contribution is -0.385. The number of ether oxygens (including phenoxy) is 1.